The van der Waals surface area contributed by atoms with Gasteiger partial charge in [-0.3, -0.25) is 5.10 Å². The SMILES string of the molecule is CCCc1[nH]nc2c1[C@H](c1cccc(OC)c1OCc1ccc(Br)cc1)C(C#N)=C(N)O2. The minimum absolute atomic E-state index is 0.0428. The molecule has 0 radical (unpaired) electrons. The molecule has 0 bridgehead atoms. The Morgan fingerprint density at radius 2 is 2.03 bits per heavy atom. The van der Waals surface area contributed by atoms with Gasteiger partial charge in [-0.15, -0.1) is 5.10 Å². The molecule has 2 aromatic carbocycles. The number of para-hydroxylation sites is 1. The largest absolute Gasteiger partial charge is 0.493 e. The lowest BCUT2D eigenvalue weighted by molar-refractivity contribution is 0.280. The van der Waals surface area contributed by atoms with E-state index >= 15 is 0 Å². The molecule has 0 saturated heterocycles. The lowest BCUT2D eigenvalue weighted by Gasteiger charge is -2.26. The highest BCUT2D eigenvalue weighted by molar-refractivity contribution is 9.10. The van der Waals surface area contributed by atoms with Crippen LogP contribution in [0.5, 0.6) is 17.4 Å². The van der Waals surface area contributed by atoms with E-state index in [1.54, 1.807) is 7.11 Å². The van der Waals surface area contributed by atoms with Gasteiger partial charge in [-0.25, -0.2) is 0 Å². The van der Waals surface area contributed by atoms with Crippen molar-refractivity contribution < 1.29 is 14.2 Å². The molecule has 2 heterocycles. The lowest BCUT2D eigenvalue weighted by Crippen LogP contribution is -2.22. The summed E-state index contributed by atoms with van der Waals surface area (Å²) in [5.74, 6) is 1.07. The van der Waals surface area contributed by atoms with E-state index in [-0.39, 0.29) is 5.88 Å². The second-order valence-electron chi connectivity index (χ2n) is 7.39. The summed E-state index contributed by atoms with van der Waals surface area (Å²) in [7, 11) is 1.59. The van der Waals surface area contributed by atoms with Gasteiger partial charge in [-0.05, 0) is 30.2 Å². The second-order valence-corrected chi connectivity index (χ2v) is 8.31. The van der Waals surface area contributed by atoms with Gasteiger partial charge >= 0.3 is 0 Å². The first-order chi connectivity index (χ1) is 15.6. The van der Waals surface area contributed by atoms with E-state index in [0.717, 1.165) is 39.7 Å². The van der Waals surface area contributed by atoms with Crippen LogP contribution in [0.25, 0.3) is 0 Å². The van der Waals surface area contributed by atoms with Crippen LogP contribution in [0.2, 0.25) is 0 Å². The number of allylic oxidation sites excluding steroid dienone is 1. The molecule has 0 saturated carbocycles. The zero-order valence-corrected chi connectivity index (χ0v) is 19.4. The van der Waals surface area contributed by atoms with E-state index in [2.05, 4.69) is 39.1 Å². The first kappa shape index (κ1) is 21.8. The summed E-state index contributed by atoms with van der Waals surface area (Å²) in [6.07, 6.45) is 1.67. The smallest absolute Gasteiger partial charge is 0.244 e. The fraction of sp³-hybridized carbons (Fsp3) is 0.250. The van der Waals surface area contributed by atoms with Crippen molar-refractivity contribution in [2.45, 2.75) is 32.3 Å². The second kappa shape index (κ2) is 9.37. The highest BCUT2D eigenvalue weighted by Gasteiger charge is 2.37. The molecule has 164 valence electrons. The highest BCUT2D eigenvalue weighted by Crippen LogP contribution is 2.48. The number of hydrogen-bond acceptors (Lipinski definition) is 6. The molecule has 0 fully saturated rings. The molecule has 1 aliphatic rings. The highest BCUT2D eigenvalue weighted by atomic mass is 79.9. The molecule has 32 heavy (non-hydrogen) atoms. The van der Waals surface area contributed by atoms with Crippen molar-refractivity contribution in [1.82, 2.24) is 10.2 Å². The van der Waals surface area contributed by atoms with Crippen molar-refractivity contribution >= 4 is 15.9 Å². The van der Waals surface area contributed by atoms with Crippen molar-refractivity contribution in [2.75, 3.05) is 7.11 Å². The van der Waals surface area contributed by atoms with Crippen LogP contribution in [0.1, 0.15) is 41.6 Å². The lowest BCUT2D eigenvalue weighted by atomic mass is 9.83. The number of rotatable bonds is 7. The molecule has 1 aliphatic heterocycles. The minimum Gasteiger partial charge on any atom is -0.493 e. The van der Waals surface area contributed by atoms with Crippen LogP contribution in [-0.4, -0.2) is 17.3 Å². The quantitative estimate of drug-likeness (QED) is 0.482. The predicted octanol–water partition coefficient (Wildman–Crippen LogP) is 4.93. The average molecular weight is 495 g/mol. The number of fused-ring (bicyclic) bond motifs is 1. The van der Waals surface area contributed by atoms with E-state index in [0.29, 0.717) is 29.6 Å². The summed E-state index contributed by atoms with van der Waals surface area (Å²) in [5, 5.41) is 17.3. The molecule has 0 spiro atoms. The Balaban J connectivity index is 1.82. The summed E-state index contributed by atoms with van der Waals surface area (Å²) < 4.78 is 18.5. The Morgan fingerprint density at radius 1 is 1.25 bits per heavy atom. The number of hydrogen-bond donors (Lipinski definition) is 2. The molecule has 0 unspecified atom stereocenters. The maximum Gasteiger partial charge on any atom is 0.244 e. The number of nitrogens with two attached hydrogens (primary N) is 1. The Kier molecular flexibility index (Phi) is 6.37. The number of methoxy groups -OCH3 is 1. The van der Waals surface area contributed by atoms with Crippen LogP contribution in [0.15, 0.2) is 58.4 Å². The number of nitrogens with one attached hydrogen (secondary N) is 1. The van der Waals surface area contributed by atoms with E-state index in [4.69, 9.17) is 19.9 Å². The summed E-state index contributed by atoms with van der Waals surface area (Å²) in [6, 6.07) is 15.8. The van der Waals surface area contributed by atoms with Crippen LogP contribution < -0.4 is 19.9 Å². The summed E-state index contributed by atoms with van der Waals surface area (Å²) in [4.78, 5) is 0. The molecule has 3 aromatic rings. The van der Waals surface area contributed by atoms with Crippen molar-refractivity contribution in [3.8, 4) is 23.4 Å². The zero-order valence-electron chi connectivity index (χ0n) is 17.8. The number of aryl methyl sites for hydroxylation is 1. The van der Waals surface area contributed by atoms with Gasteiger partial charge in [-0.2, -0.15) is 5.26 Å². The third kappa shape index (κ3) is 4.04. The fourth-order valence-corrected chi connectivity index (χ4v) is 4.14. The molecule has 8 heteroatoms. The van der Waals surface area contributed by atoms with Gasteiger partial charge in [0.15, 0.2) is 11.5 Å². The molecular weight excluding hydrogens is 472 g/mol. The minimum atomic E-state index is -0.487. The van der Waals surface area contributed by atoms with Crippen molar-refractivity contribution in [3.05, 3.63) is 80.8 Å². The van der Waals surface area contributed by atoms with Gasteiger partial charge in [0.05, 0.1) is 18.6 Å². The molecule has 7 nitrogen and oxygen atoms in total. The first-order valence-corrected chi connectivity index (χ1v) is 11.1. The van der Waals surface area contributed by atoms with Crippen molar-refractivity contribution in [2.24, 2.45) is 5.73 Å². The number of aromatic amines is 1. The van der Waals surface area contributed by atoms with Crippen LogP contribution in [0, 0.1) is 11.3 Å². The van der Waals surface area contributed by atoms with E-state index in [1.165, 1.54) is 0 Å². The van der Waals surface area contributed by atoms with Crippen LogP contribution in [0.3, 0.4) is 0 Å². The van der Waals surface area contributed by atoms with Gasteiger partial charge in [0.2, 0.25) is 11.8 Å². The molecule has 1 atom stereocenters. The maximum atomic E-state index is 9.95. The topological polar surface area (TPSA) is 106 Å². The molecular formula is C24H23BrN4O3. The third-order valence-electron chi connectivity index (χ3n) is 5.35. The number of ether oxygens (including phenoxy) is 3. The number of H-pyrrole nitrogens is 1. The van der Waals surface area contributed by atoms with Gasteiger partial charge in [-0.1, -0.05) is 53.5 Å². The van der Waals surface area contributed by atoms with Crippen molar-refractivity contribution in [3.63, 3.8) is 0 Å². The molecule has 4 rings (SSSR count). The number of benzene rings is 2. The number of nitrogens with zero attached hydrogens (tertiary/aromatic N) is 2. The Hall–Kier alpha value is -3.44. The normalized spacial score (nSPS) is 15.0. The van der Waals surface area contributed by atoms with Crippen LogP contribution in [0.4, 0.5) is 0 Å². The van der Waals surface area contributed by atoms with E-state index in [1.807, 2.05) is 42.5 Å². The Morgan fingerprint density at radius 3 is 2.72 bits per heavy atom. The Bertz CT molecular complexity index is 1190. The predicted molar refractivity (Wildman–Crippen MR) is 123 cm³/mol. The molecule has 1 aromatic heterocycles. The molecule has 0 aliphatic carbocycles. The first-order valence-electron chi connectivity index (χ1n) is 10.3. The molecule has 3 N–H and O–H groups in total. The van der Waals surface area contributed by atoms with E-state index in [9.17, 15) is 5.26 Å². The maximum absolute atomic E-state index is 9.95. The standard InChI is InChI=1S/C24H23BrN4O3/c1-3-5-18-21-20(17(12-26)23(27)32-24(21)29-28-18)16-6-4-7-19(30-2)22(16)31-13-14-8-10-15(25)11-9-14/h4,6-11,20H,3,5,13,27H2,1-2H3,(H,28,29)/t20-/m1/s1. The van der Waals surface area contributed by atoms with Gasteiger partial charge < -0.3 is 19.9 Å². The Labute approximate surface area is 194 Å². The van der Waals surface area contributed by atoms with Gasteiger partial charge in [0.1, 0.15) is 18.2 Å². The summed E-state index contributed by atoms with van der Waals surface area (Å²) in [5.41, 5.74) is 9.92. The van der Waals surface area contributed by atoms with Gasteiger partial charge in [0.25, 0.3) is 0 Å². The fourth-order valence-electron chi connectivity index (χ4n) is 3.87. The zero-order chi connectivity index (χ0) is 22.7. The monoisotopic (exact) mass is 494 g/mol. The summed E-state index contributed by atoms with van der Waals surface area (Å²) >= 11 is 3.45. The number of halogens is 1. The van der Waals surface area contributed by atoms with Crippen LogP contribution >= 0.6 is 15.9 Å². The van der Waals surface area contributed by atoms with Crippen LogP contribution in [-0.2, 0) is 13.0 Å². The van der Waals surface area contributed by atoms with Crippen molar-refractivity contribution in [1.29, 1.82) is 5.26 Å². The summed E-state index contributed by atoms with van der Waals surface area (Å²) in [6.45, 7) is 2.42. The average Bonchev–Trinajstić information content (AvgIpc) is 3.19. The van der Waals surface area contributed by atoms with Gasteiger partial charge in [0, 0.05) is 15.7 Å². The third-order valence-corrected chi connectivity index (χ3v) is 5.88. The number of nitriles is 1. The molecule has 0 amide bonds. The van der Waals surface area contributed by atoms with E-state index < -0.39 is 5.92 Å². The number of aromatic nitrogens is 2.